The molecule has 5 aromatic rings. The Morgan fingerprint density at radius 1 is 0.840 bits per heavy atom. The molecule has 0 saturated heterocycles. The molecule has 0 aliphatic carbocycles. The van der Waals surface area contributed by atoms with Crippen LogP contribution < -0.4 is 0 Å². The largest absolute Gasteiger partial charge is 0.353 e. The molecule has 5 rings (SSSR count). The van der Waals surface area contributed by atoms with Gasteiger partial charge in [-0.25, -0.2) is 0 Å². The Hall–Kier alpha value is -3.64. The summed E-state index contributed by atoms with van der Waals surface area (Å²) in [6, 6.07) is 24.6. The second-order valence-electron chi connectivity index (χ2n) is 6.11. The van der Waals surface area contributed by atoms with Crippen LogP contribution in [0.25, 0.3) is 43.8 Å². The van der Waals surface area contributed by atoms with Crippen LogP contribution in [0.3, 0.4) is 0 Å². The second-order valence-corrected chi connectivity index (χ2v) is 6.11. The average Bonchev–Trinajstić information content (AvgIpc) is 3.05. The van der Waals surface area contributed by atoms with Crippen LogP contribution >= 0.6 is 0 Å². The van der Waals surface area contributed by atoms with Crippen molar-refractivity contribution in [3.63, 3.8) is 0 Å². The number of nitrogens with one attached hydrogen (secondary N) is 1. The van der Waals surface area contributed by atoms with Gasteiger partial charge in [0.15, 0.2) is 0 Å². The van der Waals surface area contributed by atoms with Crippen molar-refractivity contribution < 1.29 is 0 Å². The molecule has 0 saturated carbocycles. The first-order valence-corrected chi connectivity index (χ1v) is 8.14. The van der Waals surface area contributed by atoms with Crippen molar-refractivity contribution in [1.82, 2.24) is 9.97 Å². The topological polar surface area (TPSA) is 52.5 Å². The van der Waals surface area contributed by atoms with E-state index in [1.807, 2.05) is 36.5 Å². The molecular formula is C22H13N3. The van der Waals surface area contributed by atoms with Gasteiger partial charge < -0.3 is 4.98 Å². The molecule has 2 heterocycles. The van der Waals surface area contributed by atoms with E-state index in [0.29, 0.717) is 5.56 Å². The van der Waals surface area contributed by atoms with E-state index >= 15 is 0 Å². The van der Waals surface area contributed by atoms with Crippen molar-refractivity contribution in [3.8, 4) is 17.3 Å². The van der Waals surface area contributed by atoms with E-state index in [1.165, 1.54) is 10.8 Å². The molecule has 116 valence electrons. The lowest BCUT2D eigenvalue weighted by Crippen LogP contribution is -1.87. The third kappa shape index (κ3) is 2.02. The van der Waals surface area contributed by atoms with Crippen LogP contribution in [0.1, 0.15) is 5.56 Å². The van der Waals surface area contributed by atoms with Crippen LogP contribution in [0.2, 0.25) is 0 Å². The standard InChI is InChI=1S/C22H13N3/c23-13-14-8-9-20-19(12-14)18-10-11-24-21(22(18)25-20)17-7-3-5-15-4-1-2-6-16(15)17/h1-12,25H. The molecule has 3 nitrogen and oxygen atoms in total. The van der Waals surface area contributed by atoms with Gasteiger partial charge in [0, 0.05) is 28.0 Å². The predicted octanol–water partition coefficient (Wildman–Crippen LogP) is 5.41. The molecule has 0 radical (unpaired) electrons. The van der Waals surface area contributed by atoms with Crippen LogP contribution in [-0.4, -0.2) is 9.97 Å². The molecule has 25 heavy (non-hydrogen) atoms. The summed E-state index contributed by atoms with van der Waals surface area (Å²) in [5, 5.41) is 13.7. The fourth-order valence-corrected chi connectivity index (χ4v) is 3.53. The summed E-state index contributed by atoms with van der Waals surface area (Å²) in [4.78, 5) is 8.16. The normalized spacial score (nSPS) is 11.2. The molecule has 0 atom stereocenters. The molecule has 3 heteroatoms. The zero-order valence-electron chi connectivity index (χ0n) is 13.3. The summed E-state index contributed by atoms with van der Waals surface area (Å²) in [6.45, 7) is 0. The number of aromatic amines is 1. The zero-order valence-corrected chi connectivity index (χ0v) is 13.3. The first kappa shape index (κ1) is 13.8. The van der Waals surface area contributed by atoms with Gasteiger partial charge in [-0.2, -0.15) is 5.26 Å². The summed E-state index contributed by atoms with van der Waals surface area (Å²) in [6.07, 6.45) is 1.84. The van der Waals surface area contributed by atoms with Gasteiger partial charge in [0.05, 0.1) is 22.8 Å². The van der Waals surface area contributed by atoms with E-state index in [1.54, 1.807) is 0 Å². The maximum atomic E-state index is 9.19. The highest BCUT2D eigenvalue weighted by molar-refractivity contribution is 6.13. The number of hydrogen-bond donors (Lipinski definition) is 1. The summed E-state index contributed by atoms with van der Waals surface area (Å²) in [7, 11) is 0. The van der Waals surface area contributed by atoms with Crippen LogP contribution in [0.5, 0.6) is 0 Å². The molecule has 0 amide bonds. The minimum atomic E-state index is 0.664. The molecule has 0 aliphatic rings. The summed E-state index contributed by atoms with van der Waals surface area (Å²) in [5.74, 6) is 0. The predicted molar refractivity (Wildman–Crippen MR) is 101 cm³/mol. The number of fused-ring (bicyclic) bond motifs is 4. The molecule has 3 aromatic carbocycles. The monoisotopic (exact) mass is 319 g/mol. The van der Waals surface area contributed by atoms with Crippen LogP contribution in [0.15, 0.2) is 72.9 Å². The number of benzene rings is 3. The van der Waals surface area contributed by atoms with Crippen molar-refractivity contribution in [1.29, 1.82) is 5.26 Å². The number of hydrogen-bond acceptors (Lipinski definition) is 2. The molecule has 0 unspecified atom stereocenters. The molecule has 0 fully saturated rings. The van der Waals surface area contributed by atoms with Gasteiger partial charge in [-0.05, 0) is 35.0 Å². The minimum Gasteiger partial charge on any atom is -0.353 e. The maximum Gasteiger partial charge on any atom is 0.0991 e. The van der Waals surface area contributed by atoms with Gasteiger partial charge in [-0.15, -0.1) is 0 Å². The fourth-order valence-electron chi connectivity index (χ4n) is 3.53. The summed E-state index contributed by atoms with van der Waals surface area (Å²) >= 11 is 0. The Balaban J connectivity index is 1.89. The molecule has 2 aromatic heterocycles. The molecule has 1 N–H and O–H groups in total. The molecular weight excluding hydrogens is 306 g/mol. The minimum absolute atomic E-state index is 0.664. The van der Waals surface area contributed by atoms with Crippen LogP contribution in [0, 0.1) is 11.3 Å². The van der Waals surface area contributed by atoms with Crippen molar-refractivity contribution in [2.24, 2.45) is 0 Å². The highest BCUT2D eigenvalue weighted by Gasteiger charge is 2.13. The van der Waals surface area contributed by atoms with Gasteiger partial charge in [0.2, 0.25) is 0 Å². The number of H-pyrrole nitrogens is 1. The van der Waals surface area contributed by atoms with Crippen molar-refractivity contribution in [3.05, 3.63) is 78.5 Å². The lowest BCUT2D eigenvalue weighted by atomic mass is 10.0. The third-order valence-electron chi connectivity index (χ3n) is 4.69. The summed E-state index contributed by atoms with van der Waals surface area (Å²) in [5.41, 5.74) is 4.73. The number of aromatic nitrogens is 2. The van der Waals surface area contributed by atoms with E-state index < -0.39 is 0 Å². The third-order valence-corrected chi connectivity index (χ3v) is 4.69. The Labute approximate surface area is 144 Å². The van der Waals surface area contributed by atoms with E-state index in [9.17, 15) is 5.26 Å². The first-order chi connectivity index (χ1) is 12.3. The van der Waals surface area contributed by atoms with E-state index in [4.69, 9.17) is 0 Å². The van der Waals surface area contributed by atoms with Crippen molar-refractivity contribution in [2.45, 2.75) is 0 Å². The quantitative estimate of drug-likeness (QED) is 0.449. The molecule has 0 aliphatic heterocycles. The van der Waals surface area contributed by atoms with E-state index in [0.717, 1.165) is 33.1 Å². The maximum absolute atomic E-state index is 9.19. The van der Waals surface area contributed by atoms with E-state index in [-0.39, 0.29) is 0 Å². The zero-order chi connectivity index (χ0) is 16.8. The Morgan fingerprint density at radius 2 is 1.72 bits per heavy atom. The SMILES string of the molecule is N#Cc1ccc2[nH]c3c(-c4cccc5ccccc45)nccc3c2c1. The Bertz CT molecular complexity index is 1300. The number of rotatable bonds is 1. The Kier molecular flexibility index (Phi) is 2.86. The summed E-state index contributed by atoms with van der Waals surface area (Å²) < 4.78 is 0. The van der Waals surface area contributed by atoms with Crippen molar-refractivity contribution in [2.75, 3.05) is 0 Å². The van der Waals surface area contributed by atoms with Crippen LogP contribution in [-0.2, 0) is 0 Å². The Morgan fingerprint density at radius 3 is 2.64 bits per heavy atom. The van der Waals surface area contributed by atoms with Gasteiger partial charge >= 0.3 is 0 Å². The number of pyridine rings is 1. The lowest BCUT2D eigenvalue weighted by molar-refractivity contribution is 1.35. The van der Waals surface area contributed by atoms with Crippen molar-refractivity contribution >= 4 is 32.6 Å². The number of nitrogens with zero attached hydrogens (tertiary/aromatic N) is 2. The second kappa shape index (κ2) is 5.19. The lowest BCUT2D eigenvalue weighted by Gasteiger charge is -2.07. The highest BCUT2D eigenvalue weighted by Crippen LogP contribution is 2.35. The van der Waals surface area contributed by atoms with Gasteiger partial charge in [-0.3, -0.25) is 4.98 Å². The van der Waals surface area contributed by atoms with Gasteiger partial charge in [0.1, 0.15) is 0 Å². The van der Waals surface area contributed by atoms with Gasteiger partial charge in [0.25, 0.3) is 0 Å². The molecule has 0 spiro atoms. The van der Waals surface area contributed by atoms with E-state index in [2.05, 4.69) is 52.4 Å². The average molecular weight is 319 g/mol. The van der Waals surface area contributed by atoms with Gasteiger partial charge in [-0.1, -0.05) is 42.5 Å². The molecule has 0 bridgehead atoms. The van der Waals surface area contributed by atoms with Crippen LogP contribution in [0.4, 0.5) is 0 Å². The smallest absolute Gasteiger partial charge is 0.0991 e. The first-order valence-electron chi connectivity index (χ1n) is 8.14. The fraction of sp³-hybridized carbons (Fsp3) is 0. The number of nitriles is 1. The highest BCUT2D eigenvalue weighted by atomic mass is 14.8.